The second kappa shape index (κ2) is 7.26. The zero-order valence-electron chi connectivity index (χ0n) is 12.0. The lowest BCUT2D eigenvalue weighted by molar-refractivity contribution is -0.138. The van der Waals surface area contributed by atoms with Crippen molar-refractivity contribution in [2.75, 3.05) is 20.1 Å². The van der Waals surface area contributed by atoms with E-state index in [9.17, 15) is 4.79 Å². The van der Waals surface area contributed by atoms with E-state index in [4.69, 9.17) is 10.8 Å². The van der Waals surface area contributed by atoms with E-state index in [1.807, 2.05) is 11.9 Å². The van der Waals surface area contributed by atoms with Crippen LogP contribution in [-0.2, 0) is 11.2 Å². The number of nitrogens with zero attached hydrogens (tertiary/aromatic N) is 1. The van der Waals surface area contributed by atoms with Crippen molar-refractivity contribution in [2.45, 2.75) is 32.2 Å². The summed E-state index contributed by atoms with van der Waals surface area (Å²) in [5.74, 6) is -0.404. The molecule has 19 heavy (non-hydrogen) atoms. The third-order valence-corrected chi connectivity index (χ3v) is 3.25. The second-order valence-corrected chi connectivity index (χ2v) is 5.35. The molecule has 0 heterocycles. The molecule has 0 fully saturated rings. The summed E-state index contributed by atoms with van der Waals surface area (Å²) in [5, 5.41) is 8.75. The Morgan fingerprint density at radius 1 is 1.32 bits per heavy atom. The summed E-state index contributed by atoms with van der Waals surface area (Å²) in [7, 11) is 1.89. The quantitative estimate of drug-likeness (QED) is 0.786. The lowest BCUT2D eigenvalue weighted by atomic mass is 10.0. The molecule has 0 amide bonds. The van der Waals surface area contributed by atoms with Gasteiger partial charge in [-0.15, -0.1) is 0 Å². The number of nitrogens with two attached hydrogens (primary N) is 1. The molecule has 106 valence electrons. The Kier molecular flexibility index (Phi) is 5.99. The summed E-state index contributed by atoms with van der Waals surface area (Å²) in [5.41, 5.74) is 8.10. The van der Waals surface area contributed by atoms with Crippen molar-refractivity contribution in [1.29, 1.82) is 0 Å². The normalized spacial score (nSPS) is 12.9. The van der Waals surface area contributed by atoms with Crippen LogP contribution in [0.25, 0.3) is 0 Å². The number of carboxylic acids is 1. The third kappa shape index (κ3) is 5.41. The van der Waals surface area contributed by atoms with Gasteiger partial charge in [0.25, 0.3) is 0 Å². The Bertz CT molecular complexity index is 401. The van der Waals surface area contributed by atoms with E-state index in [0.717, 1.165) is 13.0 Å². The molecule has 1 unspecified atom stereocenters. The van der Waals surface area contributed by atoms with Gasteiger partial charge < -0.3 is 15.7 Å². The van der Waals surface area contributed by atoms with Crippen LogP contribution in [0.1, 0.15) is 30.9 Å². The summed E-state index contributed by atoms with van der Waals surface area (Å²) in [4.78, 5) is 12.6. The minimum Gasteiger partial charge on any atom is -0.480 e. The number of hydrogen-bond donors (Lipinski definition) is 2. The summed E-state index contributed by atoms with van der Waals surface area (Å²) in [6.45, 7) is 5.54. The van der Waals surface area contributed by atoms with Crippen molar-refractivity contribution in [2.24, 2.45) is 5.73 Å². The van der Waals surface area contributed by atoms with Crippen molar-refractivity contribution in [3.8, 4) is 0 Å². The van der Waals surface area contributed by atoms with E-state index in [1.54, 1.807) is 0 Å². The van der Waals surface area contributed by atoms with Gasteiger partial charge in [-0.1, -0.05) is 38.1 Å². The zero-order valence-corrected chi connectivity index (χ0v) is 12.0. The molecule has 0 saturated carbocycles. The molecule has 0 aliphatic heterocycles. The lowest BCUT2D eigenvalue weighted by Gasteiger charge is -2.19. The maximum absolute atomic E-state index is 10.7. The predicted octanol–water partition coefficient (Wildman–Crippen LogP) is 1.70. The summed E-state index contributed by atoms with van der Waals surface area (Å²) in [6.07, 6.45) is 0.904. The molecule has 4 heteroatoms. The monoisotopic (exact) mass is 264 g/mol. The van der Waals surface area contributed by atoms with Crippen LogP contribution in [-0.4, -0.2) is 42.2 Å². The molecule has 0 aliphatic rings. The number of rotatable bonds is 7. The maximum Gasteiger partial charge on any atom is 0.321 e. The molecule has 0 spiro atoms. The number of hydrogen-bond acceptors (Lipinski definition) is 3. The Hall–Kier alpha value is -1.39. The first-order valence-electron chi connectivity index (χ1n) is 6.66. The van der Waals surface area contributed by atoms with Gasteiger partial charge in [0.1, 0.15) is 6.04 Å². The first kappa shape index (κ1) is 15.7. The molecule has 3 N–H and O–H groups in total. The fourth-order valence-electron chi connectivity index (χ4n) is 1.89. The van der Waals surface area contributed by atoms with Crippen molar-refractivity contribution >= 4 is 5.97 Å². The van der Waals surface area contributed by atoms with E-state index in [-0.39, 0.29) is 0 Å². The first-order chi connectivity index (χ1) is 8.90. The van der Waals surface area contributed by atoms with Crippen molar-refractivity contribution < 1.29 is 9.90 Å². The Balaban J connectivity index is 2.41. The smallest absolute Gasteiger partial charge is 0.321 e. The topological polar surface area (TPSA) is 66.6 Å². The Morgan fingerprint density at radius 2 is 1.89 bits per heavy atom. The van der Waals surface area contributed by atoms with Crippen molar-refractivity contribution in [3.63, 3.8) is 0 Å². The average Bonchev–Trinajstić information content (AvgIpc) is 2.36. The Morgan fingerprint density at radius 3 is 2.37 bits per heavy atom. The third-order valence-electron chi connectivity index (χ3n) is 3.25. The van der Waals surface area contributed by atoms with E-state index >= 15 is 0 Å². The van der Waals surface area contributed by atoms with Gasteiger partial charge in [-0.05, 0) is 30.5 Å². The number of benzene rings is 1. The van der Waals surface area contributed by atoms with Gasteiger partial charge in [-0.3, -0.25) is 4.79 Å². The second-order valence-electron chi connectivity index (χ2n) is 5.35. The minimum absolute atomic E-state index is 0.374. The Labute approximate surface area is 115 Å². The first-order valence-corrected chi connectivity index (χ1v) is 6.66. The van der Waals surface area contributed by atoms with Crippen molar-refractivity contribution in [1.82, 2.24) is 4.90 Å². The van der Waals surface area contributed by atoms with E-state index < -0.39 is 12.0 Å². The predicted molar refractivity (Wildman–Crippen MR) is 77.3 cm³/mol. The minimum atomic E-state index is -0.951. The number of carbonyl (C=O) groups is 1. The molecule has 0 saturated heterocycles. The molecular weight excluding hydrogens is 240 g/mol. The van der Waals surface area contributed by atoms with Gasteiger partial charge in [-0.25, -0.2) is 0 Å². The van der Waals surface area contributed by atoms with Crippen LogP contribution in [0.2, 0.25) is 0 Å². The van der Waals surface area contributed by atoms with Crippen LogP contribution in [0.15, 0.2) is 24.3 Å². The highest BCUT2D eigenvalue weighted by molar-refractivity contribution is 5.73. The fourth-order valence-corrected chi connectivity index (χ4v) is 1.89. The number of aliphatic carboxylic acids is 1. The highest BCUT2D eigenvalue weighted by Crippen LogP contribution is 2.14. The van der Waals surface area contributed by atoms with Crippen LogP contribution in [0.5, 0.6) is 0 Å². The maximum atomic E-state index is 10.7. The molecule has 0 radical (unpaired) electrons. The highest BCUT2D eigenvalue weighted by Gasteiger charge is 2.13. The van der Waals surface area contributed by atoms with E-state index in [2.05, 4.69) is 38.1 Å². The molecule has 4 nitrogen and oxygen atoms in total. The standard InChI is InChI=1S/C15H24N2O2/c1-11(2)13-6-4-12(5-7-13)8-9-17(3)10-14(16)15(18)19/h4-7,11,14H,8-10,16H2,1-3H3,(H,18,19). The van der Waals surface area contributed by atoms with E-state index in [1.165, 1.54) is 11.1 Å². The fraction of sp³-hybridized carbons (Fsp3) is 0.533. The SMILES string of the molecule is CC(C)c1ccc(CCN(C)CC(N)C(=O)O)cc1. The van der Waals surface area contributed by atoms with Crippen LogP contribution < -0.4 is 5.73 Å². The molecule has 1 rings (SSSR count). The number of likely N-dealkylation sites (N-methyl/N-ethyl adjacent to an activating group) is 1. The van der Waals surface area contributed by atoms with E-state index in [0.29, 0.717) is 12.5 Å². The van der Waals surface area contributed by atoms with Gasteiger partial charge >= 0.3 is 5.97 Å². The number of carboxylic acid groups (broad SMARTS) is 1. The van der Waals surface area contributed by atoms with Crippen LogP contribution in [0, 0.1) is 0 Å². The zero-order chi connectivity index (χ0) is 14.4. The van der Waals surface area contributed by atoms with Crippen LogP contribution >= 0.6 is 0 Å². The largest absolute Gasteiger partial charge is 0.480 e. The molecule has 1 aromatic carbocycles. The van der Waals surface area contributed by atoms with Gasteiger partial charge in [0.15, 0.2) is 0 Å². The van der Waals surface area contributed by atoms with Crippen LogP contribution in [0.3, 0.4) is 0 Å². The summed E-state index contributed by atoms with van der Waals surface area (Å²) >= 11 is 0. The lowest BCUT2D eigenvalue weighted by Crippen LogP contribution is -2.41. The molecule has 0 aliphatic carbocycles. The molecule has 0 aromatic heterocycles. The molecule has 0 bridgehead atoms. The molecule has 1 aromatic rings. The summed E-state index contributed by atoms with van der Waals surface area (Å²) in [6, 6.07) is 7.78. The van der Waals surface area contributed by atoms with Gasteiger partial charge in [0.2, 0.25) is 0 Å². The molecular formula is C15H24N2O2. The van der Waals surface area contributed by atoms with Gasteiger partial charge in [-0.2, -0.15) is 0 Å². The summed E-state index contributed by atoms with van der Waals surface area (Å²) < 4.78 is 0. The van der Waals surface area contributed by atoms with Crippen molar-refractivity contribution in [3.05, 3.63) is 35.4 Å². The van der Waals surface area contributed by atoms with Gasteiger partial charge in [0, 0.05) is 13.1 Å². The highest BCUT2D eigenvalue weighted by atomic mass is 16.4. The average molecular weight is 264 g/mol. The molecule has 1 atom stereocenters. The van der Waals surface area contributed by atoms with Gasteiger partial charge in [0.05, 0.1) is 0 Å². The van der Waals surface area contributed by atoms with Crippen LogP contribution in [0.4, 0.5) is 0 Å².